The van der Waals surface area contributed by atoms with Crippen LogP contribution in [0.1, 0.15) is 0 Å². The van der Waals surface area contributed by atoms with Gasteiger partial charge in [-0.1, -0.05) is 103 Å². The molecular weight excluding hydrogens is 372 g/mol. The van der Waals surface area contributed by atoms with Gasteiger partial charge in [0.05, 0.1) is 0 Å². The highest BCUT2D eigenvalue weighted by atomic mass is 35.5. The van der Waals surface area contributed by atoms with Gasteiger partial charge in [0, 0.05) is 5.02 Å². The lowest BCUT2D eigenvalue weighted by Gasteiger charge is -2.13. The molecule has 0 aliphatic rings. The molecule has 6 rings (SSSR count). The van der Waals surface area contributed by atoms with E-state index in [2.05, 4.69) is 91.0 Å². The Labute approximate surface area is 174 Å². The summed E-state index contributed by atoms with van der Waals surface area (Å²) < 4.78 is 0. The standard InChI is InChI=1S/C28H17Cl/c29-22-15-12-19(13-16-22)23-6-3-7-26-25(23)17-14-21-11-10-20-9-8-18-4-1-2-5-24(18)27(20)28(21)26/h1-17H. The molecule has 0 heterocycles. The number of rotatable bonds is 1. The molecule has 0 aromatic heterocycles. The number of benzene rings is 6. The molecule has 0 spiro atoms. The van der Waals surface area contributed by atoms with Crippen molar-refractivity contribution >= 4 is 54.7 Å². The fraction of sp³-hybridized carbons (Fsp3) is 0. The Balaban J connectivity index is 1.81. The molecule has 0 aliphatic carbocycles. The van der Waals surface area contributed by atoms with Crippen LogP contribution in [0, 0.1) is 0 Å². The second-order valence-corrected chi connectivity index (χ2v) is 7.96. The maximum atomic E-state index is 6.12. The molecule has 0 N–H and O–H groups in total. The molecule has 6 aromatic rings. The van der Waals surface area contributed by atoms with E-state index in [1.54, 1.807) is 0 Å². The number of hydrogen-bond donors (Lipinski definition) is 0. The van der Waals surface area contributed by atoms with Crippen LogP contribution in [-0.2, 0) is 0 Å². The molecule has 0 unspecified atom stereocenters. The van der Waals surface area contributed by atoms with Crippen LogP contribution >= 0.6 is 11.6 Å². The van der Waals surface area contributed by atoms with Gasteiger partial charge in [-0.05, 0) is 66.3 Å². The second-order valence-electron chi connectivity index (χ2n) is 7.52. The van der Waals surface area contributed by atoms with Crippen LogP contribution in [0.2, 0.25) is 5.02 Å². The van der Waals surface area contributed by atoms with Gasteiger partial charge in [0.25, 0.3) is 0 Å². The molecule has 0 fully saturated rings. The van der Waals surface area contributed by atoms with Gasteiger partial charge in [0.2, 0.25) is 0 Å². The van der Waals surface area contributed by atoms with Crippen molar-refractivity contribution in [2.24, 2.45) is 0 Å². The molecule has 1 heteroatoms. The van der Waals surface area contributed by atoms with Crippen LogP contribution in [0.5, 0.6) is 0 Å². The maximum Gasteiger partial charge on any atom is 0.0406 e. The summed E-state index contributed by atoms with van der Waals surface area (Å²) in [5.74, 6) is 0. The summed E-state index contributed by atoms with van der Waals surface area (Å²) in [6, 6.07) is 36.8. The summed E-state index contributed by atoms with van der Waals surface area (Å²) in [7, 11) is 0. The Bertz CT molecular complexity index is 1540. The summed E-state index contributed by atoms with van der Waals surface area (Å²) >= 11 is 6.12. The normalized spacial score (nSPS) is 11.6. The molecule has 0 nitrogen and oxygen atoms in total. The van der Waals surface area contributed by atoms with Crippen molar-refractivity contribution in [2.75, 3.05) is 0 Å². The van der Waals surface area contributed by atoms with Crippen molar-refractivity contribution in [2.45, 2.75) is 0 Å². The van der Waals surface area contributed by atoms with E-state index >= 15 is 0 Å². The lowest BCUT2D eigenvalue weighted by molar-refractivity contribution is 1.66. The third-order valence-corrected chi connectivity index (χ3v) is 6.15. The largest absolute Gasteiger partial charge is 0.0843 e. The van der Waals surface area contributed by atoms with E-state index < -0.39 is 0 Å². The van der Waals surface area contributed by atoms with Crippen LogP contribution in [-0.4, -0.2) is 0 Å². The van der Waals surface area contributed by atoms with E-state index in [1.165, 1.54) is 54.2 Å². The van der Waals surface area contributed by atoms with Crippen molar-refractivity contribution in [3.05, 3.63) is 108 Å². The first-order valence-corrected chi connectivity index (χ1v) is 10.2. The summed E-state index contributed by atoms with van der Waals surface area (Å²) in [5, 5.41) is 11.1. The highest BCUT2D eigenvalue weighted by Gasteiger charge is 2.11. The highest BCUT2D eigenvalue weighted by Crippen LogP contribution is 2.39. The van der Waals surface area contributed by atoms with Gasteiger partial charge < -0.3 is 0 Å². The topological polar surface area (TPSA) is 0 Å². The molecule has 0 atom stereocenters. The zero-order valence-corrected chi connectivity index (χ0v) is 16.4. The quantitative estimate of drug-likeness (QED) is 0.247. The minimum absolute atomic E-state index is 0.761. The van der Waals surface area contributed by atoms with Gasteiger partial charge >= 0.3 is 0 Å². The first-order chi connectivity index (χ1) is 14.3. The molecule has 0 radical (unpaired) electrons. The third kappa shape index (κ3) is 2.53. The average Bonchev–Trinajstić information content (AvgIpc) is 2.78. The average molecular weight is 389 g/mol. The van der Waals surface area contributed by atoms with Gasteiger partial charge in [0.15, 0.2) is 0 Å². The van der Waals surface area contributed by atoms with Gasteiger partial charge in [-0.15, -0.1) is 0 Å². The van der Waals surface area contributed by atoms with Gasteiger partial charge in [0.1, 0.15) is 0 Å². The van der Waals surface area contributed by atoms with Gasteiger partial charge in [-0.25, -0.2) is 0 Å². The van der Waals surface area contributed by atoms with E-state index in [9.17, 15) is 0 Å². The lowest BCUT2D eigenvalue weighted by atomic mass is 9.90. The first-order valence-electron chi connectivity index (χ1n) is 9.81. The van der Waals surface area contributed by atoms with Crippen molar-refractivity contribution in [1.82, 2.24) is 0 Å². The minimum Gasteiger partial charge on any atom is -0.0843 e. The summed E-state index contributed by atoms with van der Waals surface area (Å²) in [4.78, 5) is 0. The van der Waals surface area contributed by atoms with Crippen LogP contribution < -0.4 is 0 Å². The molecule has 6 aromatic carbocycles. The number of hydrogen-bond acceptors (Lipinski definition) is 0. The summed E-state index contributed by atoms with van der Waals surface area (Å²) in [6.07, 6.45) is 0. The van der Waals surface area contributed by atoms with Crippen molar-refractivity contribution in [3.63, 3.8) is 0 Å². The Morgan fingerprint density at radius 1 is 0.414 bits per heavy atom. The predicted octanol–water partition coefficient (Wildman–Crippen LogP) is 8.62. The Morgan fingerprint density at radius 3 is 1.83 bits per heavy atom. The van der Waals surface area contributed by atoms with Crippen molar-refractivity contribution in [3.8, 4) is 11.1 Å². The Hall–Kier alpha value is -3.35. The Morgan fingerprint density at radius 2 is 1.03 bits per heavy atom. The van der Waals surface area contributed by atoms with Crippen molar-refractivity contribution in [1.29, 1.82) is 0 Å². The minimum atomic E-state index is 0.761. The molecule has 29 heavy (non-hydrogen) atoms. The highest BCUT2D eigenvalue weighted by molar-refractivity contribution is 6.31. The first kappa shape index (κ1) is 16.6. The molecule has 0 saturated heterocycles. The Kier molecular flexibility index (Phi) is 3.62. The fourth-order valence-corrected chi connectivity index (χ4v) is 4.69. The van der Waals surface area contributed by atoms with Crippen LogP contribution in [0.3, 0.4) is 0 Å². The zero-order chi connectivity index (χ0) is 19.4. The van der Waals surface area contributed by atoms with Crippen LogP contribution in [0.15, 0.2) is 103 Å². The monoisotopic (exact) mass is 388 g/mol. The van der Waals surface area contributed by atoms with E-state index in [-0.39, 0.29) is 0 Å². The lowest BCUT2D eigenvalue weighted by Crippen LogP contribution is -1.86. The molecule has 0 aliphatic heterocycles. The SMILES string of the molecule is Clc1ccc(-c2cccc3c2ccc2ccc4ccc5ccccc5c4c23)cc1. The number of fused-ring (bicyclic) bond motifs is 7. The van der Waals surface area contributed by atoms with E-state index in [0.717, 1.165) is 5.02 Å². The van der Waals surface area contributed by atoms with E-state index in [1.807, 2.05) is 12.1 Å². The van der Waals surface area contributed by atoms with E-state index in [0.29, 0.717) is 0 Å². The number of halogens is 1. The second kappa shape index (κ2) is 6.34. The molecule has 0 saturated carbocycles. The van der Waals surface area contributed by atoms with Crippen LogP contribution in [0.4, 0.5) is 0 Å². The molecule has 0 amide bonds. The smallest absolute Gasteiger partial charge is 0.0406 e. The third-order valence-electron chi connectivity index (χ3n) is 5.90. The molecular formula is C28H17Cl. The predicted molar refractivity (Wildman–Crippen MR) is 127 cm³/mol. The van der Waals surface area contributed by atoms with Gasteiger partial charge in [-0.2, -0.15) is 0 Å². The molecule has 0 bridgehead atoms. The van der Waals surface area contributed by atoms with Gasteiger partial charge in [-0.3, -0.25) is 0 Å². The van der Waals surface area contributed by atoms with Crippen LogP contribution in [0.25, 0.3) is 54.2 Å². The summed E-state index contributed by atoms with van der Waals surface area (Å²) in [6.45, 7) is 0. The maximum absolute atomic E-state index is 6.12. The molecule has 136 valence electrons. The zero-order valence-electron chi connectivity index (χ0n) is 15.7. The summed E-state index contributed by atoms with van der Waals surface area (Å²) in [5.41, 5.74) is 2.42. The van der Waals surface area contributed by atoms with Crippen molar-refractivity contribution < 1.29 is 0 Å². The van der Waals surface area contributed by atoms with E-state index in [4.69, 9.17) is 11.6 Å². The fourth-order valence-electron chi connectivity index (χ4n) is 4.56.